The number of hydrogen-bond donors (Lipinski definition) is 2. The predicted molar refractivity (Wildman–Crippen MR) is 80.7 cm³/mol. The van der Waals surface area contributed by atoms with Crippen LogP contribution >= 0.6 is 24.0 Å². The van der Waals surface area contributed by atoms with Crippen LogP contribution in [-0.4, -0.2) is 29.1 Å². The first-order valence-corrected chi connectivity index (χ1v) is 6.61. The number of carbonyl (C=O) groups is 1. The van der Waals surface area contributed by atoms with Crippen LogP contribution in [0.25, 0.3) is 0 Å². The molecular formula is C13H19Cl2N3O2. The quantitative estimate of drug-likeness (QED) is 0.815. The van der Waals surface area contributed by atoms with Gasteiger partial charge in [0.2, 0.25) is 0 Å². The van der Waals surface area contributed by atoms with Crippen molar-refractivity contribution in [2.75, 3.05) is 6.61 Å². The van der Waals surface area contributed by atoms with Crippen molar-refractivity contribution < 1.29 is 9.53 Å². The molecule has 2 rings (SSSR count). The van der Waals surface area contributed by atoms with Crippen molar-refractivity contribution >= 4 is 29.9 Å². The van der Waals surface area contributed by atoms with Crippen molar-refractivity contribution in [2.24, 2.45) is 5.73 Å². The van der Waals surface area contributed by atoms with Crippen molar-refractivity contribution in [2.45, 2.75) is 38.3 Å². The van der Waals surface area contributed by atoms with E-state index in [1.54, 1.807) is 6.07 Å². The summed E-state index contributed by atoms with van der Waals surface area (Å²) < 4.78 is 5.51. The molecule has 1 saturated carbocycles. The maximum Gasteiger partial charge on any atom is 0.254 e. The maximum atomic E-state index is 12.0. The Morgan fingerprint density at radius 1 is 1.60 bits per heavy atom. The van der Waals surface area contributed by atoms with Crippen molar-refractivity contribution in [3.8, 4) is 5.75 Å². The number of aromatic nitrogens is 1. The van der Waals surface area contributed by atoms with Crippen LogP contribution in [-0.2, 0) is 0 Å². The molecule has 0 unspecified atom stereocenters. The number of ether oxygens (including phenoxy) is 1. The number of rotatable bonds is 5. The number of nitrogens with one attached hydrogen (secondary N) is 1. The Bertz CT molecular complexity index is 485. The van der Waals surface area contributed by atoms with E-state index in [9.17, 15) is 4.79 Å². The Kier molecular flexibility index (Phi) is 5.62. The minimum atomic E-state index is -0.448. The van der Waals surface area contributed by atoms with Gasteiger partial charge in [0.05, 0.1) is 11.8 Å². The number of nitrogens with zero attached hydrogens (tertiary/aromatic N) is 1. The van der Waals surface area contributed by atoms with Gasteiger partial charge in [-0.1, -0.05) is 11.6 Å². The largest absolute Gasteiger partial charge is 0.490 e. The summed E-state index contributed by atoms with van der Waals surface area (Å²) in [6.45, 7) is 4.05. The van der Waals surface area contributed by atoms with E-state index >= 15 is 0 Å². The van der Waals surface area contributed by atoms with Gasteiger partial charge in [-0.15, -0.1) is 12.4 Å². The second kappa shape index (κ2) is 6.61. The third-order valence-electron chi connectivity index (χ3n) is 2.58. The molecule has 112 valence electrons. The highest BCUT2D eigenvalue weighted by Crippen LogP contribution is 2.23. The summed E-state index contributed by atoms with van der Waals surface area (Å²) in [6.07, 6.45) is 3.53. The molecule has 1 fully saturated rings. The third-order valence-corrected chi connectivity index (χ3v) is 2.88. The second-order valence-corrected chi connectivity index (χ2v) is 5.89. The predicted octanol–water partition coefficient (Wildman–Crippen LogP) is 2.17. The highest BCUT2D eigenvalue weighted by atomic mass is 35.5. The molecule has 1 aromatic rings. The van der Waals surface area contributed by atoms with Gasteiger partial charge in [0.1, 0.15) is 17.5 Å². The van der Waals surface area contributed by atoms with E-state index in [1.807, 2.05) is 13.8 Å². The Labute approximate surface area is 129 Å². The molecule has 1 aromatic heterocycles. The molecule has 0 saturated heterocycles. The fraction of sp³-hybridized carbons (Fsp3) is 0.538. The SMILES string of the molecule is CC(C)(N)COc1cnc(Cl)c(C(=O)NC2CC2)c1.Cl. The van der Waals surface area contributed by atoms with E-state index in [-0.39, 0.29) is 29.5 Å². The first-order valence-electron chi connectivity index (χ1n) is 6.23. The van der Waals surface area contributed by atoms with Crippen molar-refractivity contribution in [3.63, 3.8) is 0 Å². The summed E-state index contributed by atoms with van der Waals surface area (Å²) in [4.78, 5) is 15.9. The zero-order chi connectivity index (χ0) is 14.0. The molecule has 1 heterocycles. The van der Waals surface area contributed by atoms with Crippen LogP contribution in [0.1, 0.15) is 37.0 Å². The van der Waals surface area contributed by atoms with E-state index < -0.39 is 5.54 Å². The van der Waals surface area contributed by atoms with Crippen LogP contribution in [0.3, 0.4) is 0 Å². The minimum absolute atomic E-state index is 0. The lowest BCUT2D eigenvalue weighted by Crippen LogP contribution is -2.38. The maximum absolute atomic E-state index is 12.0. The molecule has 0 atom stereocenters. The molecule has 0 aromatic carbocycles. The van der Waals surface area contributed by atoms with Gasteiger partial charge in [0.25, 0.3) is 5.91 Å². The summed E-state index contributed by atoms with van der Waals surface area (Å²) in [5.41, 5.74) is 5.72. The fourth-order valence-electron chi connectivity index (χ4n) is 1.43. The highest BCUT2D eigenvalue weighted by Gasteiger charge is 2.25. The van der Waals surface area contributed by atoms with Crippen LogP contribution in [0.5, 0.6) is 5.75 Å². The molecular weight excluding hydrogens is 301 g/mol. The zero-order valence-electron chi connectivity index (χ0n) is 11.5. The average Bonchev–Trinajstić information content (AvgIpc) is 3.10. The van der Waals surface area contributed by atoms with Crippen molar-refractivity contribution in [1.82, 2.24) is 10.3 Å². The van der Waals surface area contributed by atoms with Gasteiger partial charge in [-0.3, -0.25) is 4.79 Å². The summed E-state index contributed by atoms with van der Waals surface area (Å²) in [7, 11) is 0. The van der Waals surface area contributed by atoms with E-state index in [4.69, 9.17) is 22.1 Å². The molecule has 1 aliphatic carbocycles. The highest BCUT2D eigenvalue weighted by molar-refractivity contribution is 6.32. The van der Waals surface area contributed by atoms with E-state index in [0.29, 0.717) is 17.9 Å². The van der Waals surface area contributed by atoms with Crippen LogP contribution in [0.4, 0.5) is 0 Å². The summed E-state index contributed by atoms with van der Waals surface area (Å²) in [5, 5.41) is 3.05. The Balaban J connectivity index is 0.00000200. The first kappa shape index (κ1) is 17.0. The van der Waals surface area contributed by atoms with Gasteiger partial charge in [-0.05, 0) is 32.8 Å². The lowest BCUT2D eigenvalue weighted by atomic mass is 10.1. The van der Waals surface area contributed by atoms with E-state index in [2.05, 4.69) is 10.3 Å². The minimum Gasteiger partial charge on any atom is -0.490 e. The Hall–Kier alpha value is -1.04. The molecule has 7 heteroatoms. The molecule has 20 heavy (non-hydrogen) atoms. The van der Waals surface area contributed by atoms with Gasteiger partial charge in [-0.25, -0.2) is 4.98 Å². The summed E-state index contributed by atoms with van der Waals surface area (Å²) >= 11 is 5.93. The van der Waals surface area contributed by atoms with E-state index in [1.165, 1.54) is 6.20 Å². The lowest BCUT2D eigenvalue weighted by molar-refractivity contribution is 0.0950. The number of hydrogen-bond acceptors (Lipinski definition) is 4. The summed E-state index contributed by atoms with van der Waals surface area (Å²) in [6, 6.07) is 1.87. The fourth-order valence-corrected chi connectivity index (χ4v) is 1.62. The smallest absolute Gasteiger partial charge is 0.254 e. The van der Waals surface area contributed by atoms with Crippen molar-refractivity contribution in [3.05, 3.63) is 23.0 Å². The van der Waals surface area contributed by atoms with Gasteiger partial charge >= 0.3 is 0 Å². The first-order chi connectivity index (χ1) is 8.85. The van der Waals surface area contributed by atoms with Crippen LogP contribution < -0.4 is 15.8 Å². The normalized spacial score (nSPS) is 14.4. The molecule has 0 radical (unpaired) electrons. The van der Waals surface area contributed by atoms with Gasteiger partial charge in [0, 0.05) is 11.6 Å². The number of amides is 1. The van der Waals surface area contributed by atoms with E-state index in [0.717, 1.165) is 12.8 Å². The third kappa shape index (κ3) is 5.15. The number of pyridine rings is 1. The second-order valence-electron chi connectivity index (χ2n) is 5.53. The zero-order valence-corrected chi connectivity index (χ0v) is 13.1. The van der Waals surface area contributed by atoms with Crippen LogP contribution in [0, 0.1) is 0 Å². The number of carbonyl (C=O) groups excluding carboxylic acids is 1. The number of halogens is 2. The molecule has 5 nitrogen and oxygen atoms in total. The molecule has 1 aliphatic rings. The average molecular weight is 320 g/mol. The van der Waals surface area contributed by atoms with Crippen LogP contribution in [0.2, 0.25) is 5.15 Å². The standard InChI is InChI=1S/C13H18ClN3O2.ClH/c1-13(2,15)7-19-9-5-10(11(14)16-6-9)12(18)17-8-3-4-8;/h5-6,8H,3-4,7,15H2,1-2H3,(H,17,18);1H. The Morgan fingerprint density at radius 2 is 2.25 bits per heavy atom. The monoisotopic (exact) mass is 319 g/mol. The molecule has 0 aliphatic heterocycles. The Morgan fingerprint density at radius 3 is 2.80 bits per heavy atom. The van der Waals surface area contributed by atoms with Gasteiger partial charge < -0.3 is 15.8 Å². The van der Waals surface area contributed by atoms with Gasteiger partial charge in [0.15, 0.2) is 0 Å². The van der Waals surface area contributed by atoms with Crippen molar-refractivity contribution in [1.29, 1.82) is 0 Å². The lowest BCUT2D eigenvalue weighted by Gasteiger charge is -2.19. The molecule has 1 amide bonds. The molecule has 3 N–H and O–H groups in total. The summed E-state index contributed by atoms with van der Waals surface area (Å²) in [5.74, 6) is 0.279. The topological polar surface area (TPSA) is 77.2 Å². The van der Waals surface area contributed by atoms with Crippen LogP contribution in [0.15, 0.2) is 12.3 Å². The van der Waals surface area contributed by atoms with Gasteiger partial charge in [-0.2, -0.15) is 0 Å². The number of nitrogens with two attached hydrogens (primary N) is 1. The molecule has 0 spiro atoms. The molecule has 0 bridgehead atoms.